The van der Waals surface area contributed by atoms with Gasteiger partial charge in [-0.25, -0.2) is 19.9 Å². The predicted molar refractivity (Wildman–Crippen MR) is 160 cm³/mol. The van der Waals surface area contributed by atoms with Crippen LogP contribution < -0.4 is 10.6 Å². The molecule has 2 saturated heterocycles. The highest BCUT2D eigenvalue weighted by Crippen LogP contribution is 2.41. The van der Waals surface area contributed by atoms with Crippen molar-refractivity contribution in [2.24, 2.45) is 11.1 Å². The van der Waals surface area contributed by atoms with Crippen LogP contribution in [0, 0.1) is 16.7 Å². The third kappa shape index (κ3) is 4.82. The van der Waals surface area contributed by atoms with Crippen LogP contribution in [0.2, 0.25) is 0 Å². The molecule has 2 aromatic carbocycles. The molecular formula is C33H28N8O. The van der Waals surface area contributed by atoms with E-state index in [1.165, 1.54) is 5.56 Å². The number of hydrogen-bond donors (Lipinski definition) is 1. The number of nitrogens with two attached hydrogens (primary N) is 1. The fourth-order valence-electron chi connectivity index (χ4n) is 6.28. The highest BCUT2D eigenvalue weighted by atomic mass is 16.1. The number of likely N-dealkylation sites (tertiary alicyclic amines) is 1. The highest BCUT2D eigenvalue weighted by Gasteiger charge is 2.47. The summed E-state index contributed by atoms with van der Waals surface area (Å²) in [6.07, 6.45) is 4.40. The standard InChI is InChI=1S/C33H28N8O/c34-16-29-36-12-10-30(39-29)41-13-11-33(21-41)19-40(20-33)18-22-6-8-24(9-7-22)31-26(23-4-2-1-3-5-23)14-25-15-27(32(35)42)37-17-28(25)38-31/h1-10,12,14-15,17H,11,13,18-21H2,(H2,35,42). The van der Waals surface area contributed by atoms with Gasteiger partial charge in [-0.1, -0.05) is 54.6 Å². The molecule has 1 spiro atoms. The van der Waals surface area contributed by atoms with Crippen molar-refractivity contribution in [2.45, 2.75) is 13.0 Å². The lowest BCUT2D eigenvalue weighted by atomic mass is 9.79. The van der Waals surface area contributed by atoms with E-state index in [4.69, 9.17) is 16.0 Å². The maximum Gasteiger partial charge on any atom is 0.267 e. The van der Waals surface area contributed by atoms with Gasteiger partial charge < -0.3 is 10.6 Å². The molecule has 9 nitrogen and oxygen atoms in total. The molecule has 0 radical (unpaired) electrons. The van der Waals surface area contributed by atoms with Crippen LogP contribution in [0.15, 0.2) is 85.2 Å². The minimum atomic E-state index is -0.559. The molecule has 9 heteroatoms. The Morgan fingerprint density at radius 1 is 0.952 bits per heavy atom. The number of nitriles is 1. The first kappa shape index (κ1) is 25.7. The number of carbonyl (C=O) groups is 1. The Kier molecular flexibility index (Phi) is 6.33. The van der Waals surface area contributed by atoms with Gasteiger partial charge in [-0.15, -0.1) is 0 Å². The van der Waals surface area contributed by atoms with Gasteiger partial charge in [0.05, 0.1) is 17.4 Å². The molecule has 0 atom stereocenters. The average molecular weight is 553 g/mol. The summed E-state index contributed by atoms with van der Waals surface area (Å²) in [5.41, 5.74) is 11.9. The molecule has 1 amide bonds. The Hall–Kier alpha value is -5.20. The Bertz CT molecular complexity index is 1840. The number of primary amides is 1. The van der Waals surface area contributed by atoms with Crippen molar-refractivity contribution in [3.8, 4) is 28.5 Å². The van der Waals surface area contributed by atoms with Crippen molar-refractivity contribution in [1.82, 2.24) is 24.8 Å². The summed E-state index contributed by atoms with van der Waals surface area (Å²) in [7, 11) is 0. The normalized spacial score (nSPS) is 15.9. The van der Waals surface area contributed by atoms with E-state index < -0.39 is 5.91 Å². The molecule has 0 aliphatic carbocycles. The summed E-state index contributed by atoms with van der Waals surface area (Å²) in [6.45, 7) is 4.89. The number of pyridine rings is 2. The van der Waals surface area contributed by atoms with Gasteiger partial charge >= 0.3 is 0 Å². The molecule has 7 rings (SSSR count). The second-order valence-electron chi connectivity index (χ2n) is 11.2. The van der Waals surface area contributed by atoms with Crippen molar-refractivity contribution in [1.29, 1.82) is 5.26 Å². The van der Waals surface area contributed by atoms with Crippen LogP contribution in [0.25, 0.3) is 33.3 Å². The number of aromatic nitrogens is 4. The summed E-state index contributed by atoms with van der Waals surface area (Å²) in [6, 6.07) is 26.4. The van der Waals surface area contributed by atoms with E-state index in [2.05, 4.69) is 67.2 Å². The van der Waals surface area contributed by atoms with Crippen LogP contribution in [-0.4, -0.2) is 56.9 Å². The van der Waals surface area contributed by atoms with Gasteiger partial charge in [0.1, 0.15) is 17.6 Å². The minimum absolute atomic E-state index is 0.218. The number of nitrogens with zero attached hydrogens (tertiary/aromatic N) is 7. The van der Waals surface area contributed by atoms with E-state index in [9.17, 15) is 4.79 Å². The number of carbonyl (C=O) groups excluding carboxylic acids is 1. The molecule has 5 aromatic rings. The molecule has 42 heavy (non-hydrogen) atoms. The second-order valence-corrected chi connectivity index (χ2v) is 11.2. The third-order valence-corrected chi connectivity index (χ3v) is 8.29. The first-order valence-corrected chi connectivity index (χ1v) is 13.9. The van der Waals surface area contributed by atoms with E-state index in [0.29, 0.717) is 5.52 Å². The minimum Gasteiger partial charge on any atom is -0.364 e. The van der Waals surface area contributed by atoms with Crippen molar-refractivity contribution in [3.63, 3.8) is 0 Å². The van der Waals surface area contributed by atoms with Crippen LogP contribution in [0.1, 0.15) is 28.3 Å². The number of benzene rings is 2. The summed E-state index contributed by atoms with van der Waals surface area (Å²) >= 11 is 0. The Morgan fingerprint density at radius 2 is 1.76 bits per heavy atom. The van der Waals surface area contributed by atoms with Crippen molar-refractivity contribution in [2.75, 3.05) is 31.1 Å². The fraction of sp³-hybridized carbons (Fsp3) is 0.212. The molecular weight excluding hydrogens is 524 g/mol. The number of anilines is 1. The maximum atomic E-state index is 11.7. The molecule has 0 unspecified atom stereocenters. The van der Waals surface area contributed by atoms with Gasteiger partial charge in [0.2, 0.25) is 5.82 Å². The lowest BCUT2D eigenvalue weighted by molar-refractivity contribution is 0.0117. The molecule has 2 N–H and O–H groups in total. The predicted octanol–water partition coefficient (Wildman–Crippen LogP) is 4.44. The molecule has 206 valence electrons. The molecule has 0 bridgehead atoms. The third-order valence-electron chi connectivity index (χ3n) is 8.29. The summed E-state index contributed by atoms with van der Waals surface area (Å²) in [5.74, 6) is 0.501. The Labute approximate surface area is 243 Å². The van der Waals surface area contributed by atoms with Crippen LogP contribution in [0.4, 0.5) is 5.82 Å². The Balaban J connectivity index is 1.08. The van der Waals surface area contributed by atoms with E-state index in [1.54, 1.807) is 18.5 Å². The van der Waals surface area contributed by atoms with Crippen LogP contribution >= 0.6 is 0 Å². The number of amides is 1. The molecule has 3 aromatic heterocycles. The van der Waals surface area contributed by atoms with Crippen LogP contribution in [0.5, 0.6) is 0 Å². The Morgan fingerprint density at radius 3 is 2.52 bits per heavy atom. The molecule has 0 saturated carbocycles. The topological polar surface area (TPSA) is 125 Å². The molecule has 2 aliphatic heterocycles. The smallest absolute Gasteiger partial charge is 0.267 e. The zero-order valence-electron chi connectivity index (χ0n) is 22.9. The number of fused-ring (bicyclic) bond motifs is 1. The summed E-state index contributed by atoms with van der Waals surface area (Å²) < 4.78 is 0. The quantitative estimate of drug-likeness (QED) is 0.328. The van der Waals surface area contributed by atoms with Gasteiger partial charge in [0.25, 0.3) is 5.91 Å². The molecule has 2 fully saturated rings. The number of hydrogen-bond acceptors (Lipinski definition) is 8. The lowest BCUT2D eigenvalue weighted by Gasteiger charge is -2.48. The van der Waals surface area contributed by atoms with Crippen LogP contribution in [-0.2, 0) is 6.54 Å². The zero-order valence-corrected chi connectivity index (χ0v) is 22.9. The van der Waals surface area contributed by atoms with Gasteiger partial charge in [-0.05, 0) is 35.7 Å². The lowest BCUT2D eigenvalue weighted by Crippen LogP contribution is -2.56. The van der Waals surface area contributed by atoms with Crippen molar-refractivity contribution in [3.05, 3.63) is 102 Å². The van der Waals surface area contributed by atoms with E-state index in [0.717, 1.165) is 72.7 Å². The maximum absolute atomic E-state index is 11.7. The largest absolute Gasteiger partial charge is 0.364 e. The van der Waals surface area contributed by atoms with Gasteiger partial charge in [0, 0.05) is 60.8 Å². The summed E-state index contributed by atoms with van der Waals surface area (Å²) in [4.78, 5) is 34.0. The second kappa shape index (κ2) is 10.3. The molecule has 5 heterocycles. The van der Waals surface area contributed by atoms with Gasteiger partial charge in [0.15, 0.2) is 0 Å². The van der Waals surface area contributed by atoms with E-state index in [-0.39, 0.29) is 16.9 Å². The SMILES string of the molecule is N#Cc1nccc(N2CCC3(CN(Cc4ccc(-c5nc6cnc(C(N)=O)cc6cc5-c5ccccc5)cc4)C3)C2)n1. The highest BCUT2D eigenvalue weighted by molar-refractivity contribution is 5.97. The monoisotopic (exact) mass is 552 g/mol. The van der Waals surface area contributed by atoms with Crippen LogP contribution in [0.3, 0.4) is 0 Å². The van der Waals surface area contributed by atoms with Gasteiger partial charge in [-0.2, -0.15) is 5.26 Å². The van der Waals surface area contributed by atoms with Gasteiger partial charge in [-0.3, -0.25) is 9.69 Å². The first-order valence-electron chi connectivity index (χ1n) is 13.9. The zero-order chi connectivity index (χ0) is 28.7. The van der Waals surface area contributed by atoms with Crippen molar-refractivity contribution >= 4 is 22.6 Å². The van der Waals surface area contributed by atoms with E-state index >= 15 is 0 Å². The first-order chi connectivity index (χ1) is 20.5. The molecule has 2 aliphatic rings. The average Bonchev–Trinajstić information content (AvgIpc) is 3.46. The fourth-order valence-corrected chi connectivity index (χ4v) is 6.28. The van der Waals surface area contributed by atoms with Crippen molar-refractivity contribution < 1.29 is 4.79 Å². The number of rotatable bonds is 6. The summed E-state index contributed by atoms with van der Waals surface area (Å²) in [5, 5.41) is 9.95. The van der Waals surface area contributed by atoms with E-state index in [1.807, 2.05) is 30.3 Å².